The second-order valence-corrected chi connectivity index (χ2v) is 6.45. The standard InChI is InChI=1S/C20H20N6O3/c1-12-17(19(27)22-14-7-5-4-6-8-14)18(26-20(21-12)23-24-25-26)13-9-10-15(28-2)16(11-13)29-3/h4-11,18H,1-3H3,(H,22,27)(H,21,23,25)/t18-/m1/s1. The Bertz CT molecular complexity index is 1080. The van der Waals surface area contributed by atoms with Crippen LogP contribution in [0.3, 0.4) is 0 Å². The lowest BCUT2D eigenvalue weighted by molar-refractivity contribution is -0.113. The average molecular weight is 392 g/mol. The maximum atomic E-state index is 13.2. The molecule has 0 aliphatic carbocycles. The summed E-state index contributed by atoms with van der Waals surface area (Å²) in [5, 5.41) is 17.9. The third-order valence-electron chi connectivity index (χ3n) is 4.71. The number of benzene rings is 2. The molecular weight excluding hydrogens is 372 g/mol. The van der Waals surface area contributed by atoms with Gasteiger partial charge in [0.1, 0.15) is 6.04 Å². The number of carbonyl (C=O) groups excluding carboxylic acids is 1. The molecular formula is C20H20N6O3. The summed E-state index contributed by atoms with van der Waals surface area (Å²) < 4.78 is 12.3. The zero-order valence-corrected chi connectivity index (χ0v) is 16.2. The van der Waals surface area contributed by atoms with Gasteiger partial charge in [-0.15, -0.1) is 0 Å². The highest BCUT2D eigenvalue weighted by atomic mass is 16.5. The maximum absolute atomic E-state index is 13.2. The molecule has 0 saturated heterocycles. The molecule has 3 aromatic rings. The number of hydrogen-bond donors (Lipinski definition) is 2. The van der Waals surface area contributed by atoms with Crippen LogP contribution in [-0.2, 0) is 4.79 Å². The van der Waals surface area contributed by atoms with Crippen LogP contribution in [0.1, 0.15) is 18.5 Å². The predicted molar refractivity (Wildman–Crippen MR) is 107 cm³/mol. The maximum Gasteiger partial charge on any atom is 0.255 e. The van der Waals surface area contributed by atoms with Crippen LogP contribution in [0.2, 0.25) is 0 Å². The summed E-state index contributed by atoms with van der Waals surface area (Å²) in [6.07, 6.45) is 0. The number of tetrazole rings is 1. The number of carbonyl (C=O) groups is 1. The number of allylic oxidation sites excluding steroid dienone is 1. The first kappa shape index (κ1) is 18.5. The lowest BCUT2D eigenvalue weighted by Gasteiger charge is -2.28. The van der Waals surface area contributed by atoms with Crippen LogP contribution in [-0.4, -0.2) is 40.3 Å². The van der Waals surface area contributed by atoms with Crippen LogP contribution in [0.4, 0.5) is 11.6 Å². The van der Waals surface area contributed by atoms with E-state index in [-0.39, 0.29) is 5.91 Å². The van der Waals surface area contributed by atoms with Gasteiger partial charge in [-0.25, -0.2) is 0 Å². The molecule has 2 heterocycles. The van der Waals surface area contributed by atoms with E-state index in [0.29, 0.717) is 34.4 Å². The number of anilines is 2. The molecule has 2 aromatic carbocycles. The van der Waals surface area contributed by atoms with Gasteiger partial charge in [0.2, 0.25) is 5.95 Å². The highest BCUT2D eigenvalue weighted by molar-refractivity contribution is 6.06. The van der Waals surface area contributed by atoms with Gasteiger partial charge in [0.05, 0.1) is 19.8 Å². The number of fused-ring (bicyclic) bond motifs is 1. The average Bonchev–Trinajstić information content (AvgIpc) is 3.20. The molecule has 9 nitrogen and oxygen atoms in total. The van der Waals surface area contributed by atoms with E-state index >= 15 is 0 Å². The quantitative estimate of drug-likeness (QED) is 0.688. The van der Waals surface area contributed by atoms with Crippen molar-refractivity contribution in [2.45, 2.75) is 13.0 Å². The first-order valence-corrected chi connectivity index (χ1v) is 8.96. The molecule has 0 spiro atoms. The lowest BCUT2D eigenvalue weighted by Crippen LogP contribution is -2.31. The zero-order chi connectivity index (χ0) is 20.4. The molecule has 148 valence electrons. The van der Waals surface area contributed by atoms with Crippen LogP contribution in [0.25, 0.3) is 0 Å². The molecule has 2 N–H and O–H groups in total. The second-order valence-electron chi connectivity index (χ2n) is 6.45. The number of para-hydroxylation sites is 1. The van der Waals surface area contributed by atoms with Crippen molar-refractivity contribution in [3.05, 3.63) is 65.4 Å². The number of rotatable bonds is 5. The summed E-state index contributed by atoms with van der Waals surface area (Å²) in [6, 6.07) is 14.2. The van der Waals surface area contributed by atoms with Gasteiger partial charge in [-0.3, -0.25) is 4.79 Å². The Labute approximate surface area is 167 Å². The summed E-state index contributed by atoms with van der Waals surface area (Å²) in [5.41, 5.74) is 2.66. The summed E-state index contributed by atoms with van der Waals surface area (Å²) in [7, 11) is 3.14. The molecule has 0 bridgehead atoms. The smallest absolute Gasteiger partial charge is 0.255 e. The molecule has 4 rings (SSSR count). The van der Waals surface area contributed by atoms with Gasteiger partial charge >= 0.3 is 0 Å². The Morgan fingerprint density at radius 2 is 1.86 bits per heavy atom. The molecule has 1 atom stereocenters. The first-order chi connectivity index (χ1) is 14.1. The molecule has 0 saturated carbocycles. The molecule has 1 aliphatic rings. The Morgan fingerprint density at radius 1 is 1.10 bits per heavy atom. The minimum atomic E-state index is -0.537. The van der Waals surface area contributed by atoms with E-state index in [1.165, 1.54) is 0 Å². The van der Waals surface area contributed by atoms with E-state index in [1.54, 1.807) is 25.0 Å². The summed E-state index contributed by atoms with van der Waals surface area (Å²) in [6.45, 7) is 1.83. The van der Waals surface area contributed by atoms with Crippen LogP contribution in [0.5, 0.6) is 11.5 Å². The van der Waals surface area contributed by atoms with Crippen molar-refractivity contribution >= 4 is 17.5 Å². The minimum Gasteiger partial charge on any atom is -0.493 e. The number of amides is 1. The van der Waals surface area contributed by atoms with E-state index in [9.17, 15) is 4.79 Å². The van der Waals surface area contributed by atoms with E-state index in [2.05, 4.69) is 26.2 Å². The number of nitrogens with one attached hydrogen (secondary N) is 2. The fourth-order valence-electron chi connectivity index (χ4n) is 3.36. The zero-order valence-electron chi connectivity index (χ0n) is 16.2. The van der Waals surface area contributed by atoms with Gasteiger partial charge in [-0.1, -0.05) is 29.4 Å². The highest BCUT2D eigenvalue weighted by Crippen LogP contribution is 2.38. The van der Waals surface area contributed by atoms with Crippen molar-refractivity contribution < 1.29 is 14.3 Å². The van der Waals surface area contributed by atoms with Gasteiger partial charge in [0, 0.05) is 11.4 Å². The van der Waals surface area contributed by atoms with Gasteiger partial charge in [0.25, 0.3) is 5.91 Å². The normalized spacial score (nSPS) is 15.3. The van der Waals surface area contributed by atoms with Gasteiger partial charge in [-0.2, -0.15) is 4.68 Å². The summed E-state index contributed by atoms with van der Waals surface area (Å²) in [4.78, 5) is 13.2. The molecule has 0 radical (unpaired) electrons. The number of aromatic nitrogens is 4. The fourth-order valence-corrected chi connectivity index (χ4v) is 3.36. The van der Waals surface area contributed by atoms with Crippen molar-refractivity contribution in [1.29, 1.82) is 0 Å². The van der Waals surface area contributed by atoms with E-state index in [0.717, 1.165) is 5.56 Å². The molecule has 29 heavy (non-hydrogen) atoms. The second kappa shape index (κ2) is 7.63. The Kier molecular flexibility index (Phi) is 4.86. The molecule has 9 heteroatoms. The van der Waals surface area contributed by atoms with Crippen LogP contribution in [0.15, 0.2) is 59.8 Å². The number of hydrogen-bond acceptors (Lipinski definition) is 7. The third kappa shape index (κ3) is 3.38. The minimum absolute atomic E-state index is 0.248. The molecule has 0 fully saturated rings. The highest BCUT2D eigenvalue weighted by Gasteiger charge is 2.34. The lowest BCUT2D eigenvalue weighted by atomic mass is 9.94. The van der Waals surface area contributed by atoms with Crippen LogP contribution < -0.4 is 20.1 Å². The first-order valence-electron chi connectivity index (χ1n) is 8.96. The summed E-state index contributed by atoms with van der Waals surface area (Å²) in [5.74, 6) is 1.36. The fraction of sp³-hybridized carbons (Fsp3) is 0.200. The van der Waals surface area contributed by atoms with Crippen LogP contribution >= 0.6 is 0 Å². The van der Waals surface area contributed by atoms with Crippen LogP contribution in [0, 0.1) is 0 Å². The van der Waals surface area contributed by atoms with Crippen molar-refractivity contribution in [3.8, 4) is 11.5 Å². The molecule has 0 unspecified atom stereocenters. The van der Waals surface area contributed by atoms with Gasteiger partial charge < -0.3 is 20.1 Å². The van der Waals surface area contributed by atoms with Gasteiger partial charge in [0.15, 0.2) is 11.5 Å². The van der Waals surface area contributed by atoms with Crippen molar-refractivity contribution in [2.24, 2.45) is 0 Å². The topological polar surface area (TPSA) is 103 Å². The Balaban J connectivity index is 1.79. The number of methoxy groups -OCH3 is 2. The molecule has 1 aliphatic heterocycles. The number of ether oxygens (including phenoxy) is 2. The van der Waals surface area contributed by atoms with Crippen molar-refractivity contribution in [2.75, 3.05) is 24.9 Å². The van der Waals surface area contributed by atoms with Gasteiger partial charge in [-0.05, 0) is 47.2 Å². The van der Waals surface area contributed by atoms with E-state index < -0.39 is 6.04 Å². The molecule has 1 amide bonds. The van der Waals surface area contributed by atoms with Crippen molar-refractivity contribution in [1.82, 2.24) is 20.2 Å². The predicted octanol–water partition coefficient (Wildman–Crippen LogP) is 2.62. The van der Waals surface area contributed by atoms with Crippen molar-refractivity contribution in [3.63, 3.8) is 0 Å². The van der Waals surface area contributed by atoms with E-state index in [4.69, 9.17) is 9.47 Å². The number of nitrogens with zero attached hydrogens (tertiary/aromatic N) is 4. The monoisotopic (exact) mass is 392 g/mol. The SMILES string of the molecule is COc1ccc([C@@H]2C(C(=O)Nc3ccccc3)=C(C)Nc3nnnn32)cc1OC. The Morgan fingerprint density at radius 3 is 2.59 bits per heavy atom. The molecule has 1 aromatic heterocycles. The largest absolute Gasteiger partial charge is 0.493 e. The Hall–Kier alpha value is -3.88. The van der Waals surface area contributed by atoms with E-state index in [1.807, 2.05) is 49.4 Å². The third-order valence-corrected chi connectivity index (χ3v) is 4.71. The summed E-state index contributed by atoms with van der Waals surface area (Å²) >= 11 is 0.